The topological polar surface area (TPSA) is 20.3 Å². The van der Waals surface area contributed by atoms with Crippen LogP contribution in [0.3, 0.4) is 0 Å². The molecule has 0 atom stereocenters. The monoisotopic (exact) mass is 153 g/mol. The summed E-state index contributed by atoms with van der Waals surface area (Å²) >= 11 is 0. The Balaban J connectivity index is 4.20. The Morgan fingerprint density at radius 1 is 1.64 bits per heavy atom. The normalized spacial score (nSPS) is 11.0. The van der Waals surface area contributed by atoms with E-state index < -0.39 is 0 Å². The summed E-state index contributed by atoms with van der Waals surface area (Å²) in [5.74, 6) is 0. The third kappa shape index (κ3) is 3.61. The maximum atomic E-state index is 10.3. The zero-order chi connectivity index (χ0) is 8.85. The number of nitrogens with zero attached hydrogens (tertiary/aromatic N) is 1. The van der Waals surface area contributed by atoms with E-state index in [9.17, 15) is 4.79 Å². The highest BCUT2D eigenvalue weighted by molar-refractivity contribution is 5.78. The van der Waals surface area contributed by atoms with Crippen molar-refractivity contribution < 1.29 is 4.79 Å². The average Bonchev–Trinajstić information content (AvgIpc) is 2.02. The molecular weight excluding hydrogens is 138 g/mol. The molecule has 0 aromatic carbocycles. The first kappa shape index (κ1) is 9.95. The van der Waals surface area contributed by atoms with Crippen molar-refractivity contribution in [3.63, 3.8) is 0 Å². The van der Waals surface area contributed by atoms with Crippen LogP contribution in [0.2, 0.25) is 0 Å². The van der Waals surface area contributed by atoms with Crippen LogP contribution >= 0.6 is 0 Å². The molecule has 0 aliphatic heterocycles. The standard InChI is InChI=1S/C9H15NO/c1-5-10(4)6-8(2)9(3)7-11/h6-7H,3,5H2,1-2,4H3/b8-6-. The SMILES string of the molecule is C=C(C=O)/C(C)=C\N(C)CC. The van der Waals surface area contributed by atoms with Gasteiger partial charge in [-0.3, -0.25) is 4.79 Å². The van der Waals surface area contributed by atoms with Crippen LogP contribution in [0.5, 0.6) is 0 Å². The molecule has 0 aliphatic carbocycles. The number of aldehydes is 1. The zero-order valence-electron chi connectivity index (χ0n) is 7.42. The largest absolute Gasteiger partial charge is 0.380 e. The second-order valence-electron chi connectivity index (χ2n) is 2.53. The fourth-order valence-corrected chi connectivity index (χ4v) is 0.598. The van der Waals surface area contributed by atoms with Crippen molar-refractivity contribution in [3.8, 4) is 0 Å². The number of carbonyl (C=O) groups excluding carboxylic acids is 1. The highest BCUT2D eigenvalue weighted by Crippen LogP contribution is 2.03. The lowest BCUT2D eigenvalue weighted by Gasteiger charge is -2.11. The van der Waals surface area contributed by atoms with Gasteiger partial charge in [-0.15, -0.1) is 0 Å². The molecule has 0 heterocycles. The molecule has 0 aliphatic rings. The molecule has 0 radical (unpaired) electrons. The van der Waals surface area contributed by atoms with Gasteiger partial charge in [-0.1, -0.05) is 6.58 Å². The van der Waals surface area contributed by atoms with Crippen molar-refractivity contribution in [1.82, 2.24) is 4.90 Å². The molecule has 0 amide bonds. The molecule has 0 aromatic rings. The van der Waals surface area contributed by atoms with Crippen LogP contribution in [0.15, 0.2) is 23.9 Å². The summed E-state index contributed by atoms with van der Waals surface area (Å²) in [6.45, 7) is 8.46. The van der Waals surface area contributed by atoms with Gasteiger partial charge in [0.05, 0.1) is 0 Å². The minimum atomic E-state index is 0.547. The van der Waals surface area contributed by atoms with Crippen molar-refractivity contribution in [3.05, 3.63) is 23.9 Å². The molecule has 0 aromatic heterocycles. The number of hydrogen-bond donors (Lipinski definition) is 0. The summed E-state index contributed by atoms with van der Waals surface area (Å²) in [4.78, 5) is 12.3. The lowest BCUT2D eigenvalue weighted by atomic mass is 10.2. The maximum Gasteiger partial charge on any atom is 0.149 e. The van der Waals surface area contributed by atoms with E-state index in [4.69, 9.17) is 0 Å². The second kappa shape index (κ2) is 4.72. The first-order valence-corrected chi connectivity index (χ1v) is 3.65. The van der Waals surface area contributed by atoms with E-state index in [0.29, 0.717) is 5.57 Å². The van der Waals surface area contributed by atoms with E-state index in [-0.39, 0.29) is 0 Å². The molecule has 0 unspecified atom stereocenters. The lowest BCUT2D eigenvalue weighted by Crippen LogP contribution is -2.10. The summed E-state index contributed by atoms with van der Waals surface area (Å²) in [5.41, 5.74) is 1.47. The predicted octanol–water partition coefficient (Wildman–Crippen LogP) is 1.60. The van der Waals surface area contributed by atoms with Gasteiger partial charge in [-0.05, 0) is 19.4 Å². The Hall–Kier alpha value is -1.05. The minimum Gasteiger partial charge on any atom is -0.380 e. The van der Waals surface area contributed by atoms with Crippen LogP contribution in [0.4, 0.5) is 0 Å². The fourth-order valence-electron chi connectivity index (χ4n) is 0.598. The van der Waals surface area contributed by atoms with Gasteiger partial charge in [0.2, 0.25) is 0 Å². The van der Waals surface area contributed by atoms with E-state index in [1.54, 1.807) is 0 Å². The Labute approximate surface area is 68.2 Å². The molecule has 0 rings (SSSR count). The smallest absolute Gasteiger partial charge is 0.149 e. The van der Waals surface area contributed by atoms with Crippen LogP contribution in [0.1, 0.15) is 13.8 Å². The molecule has 0 spiro atoms. The molecule has 2 heteroatoms. The van der Waals surface area contributed by atoms with Crippen LogP contribution < -0.4 is 0 Å². The average molecular weight is 153 g/mol. The highest BCUT2D eigenvalue weighted by atomic mass is 16.1. The van der Waals surface area contributed by atoms with Gasteiger partial charge in [0.1, 0.15) is 6.29 Å². The Morgan fingerprint density at radius 3 is 2.55 bits per heavy atom. The first-order chi connectivity index (χ1) is 5.11. The van der Waals surface area contributed by atoms with Gasteiger partial charge in [0.15, 0.2) is 0 Å². The van der Waals surface area contributed by atoms with E-state index in [0.717, 1.165) is 18.4 Å². The van der Waals surface area contributed by atoms with Crippen molar-refractivity contribution in [2.45, 2.75) is 13.8 Å². The quantitative estimate of drug-likeness (QED) is 0.347. The summed E-state index contributed by atoms with van der Waals surface area (Å²) in [5, 5.41) is 0. The molecule has 11 heavy (non-hydrogen) atoms. The summed E-state index contributed by atoms with van der Waals surface area (Å²) in [6, 6.07) is 0. The van der Waals surface area contributed by atoms with Gasteiger partial charge in [0, 0.05) is 25.4 Å². The van der Waals surface area contributed by atoms with Crippen LogP contribution in [0, 0.1) is 0 Å². The maximum absolute atomic E-state index is 10.3. The van der Waals surface area contributed by atoms with Crippen molar-refractivity contribution >= 4 is 6.29 Å². The van der Waals surface area contributed by atoms with Crippen LogP contribution in [-0.4, -0.2) is 24.8 Å². The zero-order valence-corrected chi connectivity index (χ0v) is 7.42. The summed E-state index contributed by atoms with van der Waals surface area (Å²) in [7, 11) is 1.96. The van der Waals surface area contributed by atoms with Gasteiger partial charge >= 0.3 is 0 Å². The van der Waals surface area contributed by atoms with Gasteiger partial charge in [0.25, 0.3) is 0 Å². The summed E-state index contributed by atoms with van der Waals surface area (Å²) < 4.78 is 0. The van der Waals surface area contributed by atoms with Crippen LogP contribution in [0.25, 0.3) is 0 Å². The predicted molar refractivity (Wildman–Crippen MR) is 47.3 cm³/mol. The van der Waals surface area contributed by atoms with Crippen molar-refractivity contribution in [2.75, 3.05) is 13.6 Å². The first-order valence-electron chi connectivity index (χ1n) is 3.65. The Bertz CT molecular complexity index is 182. The lowest BCUT2D eigenvalue weighted by molar-refractivity contribution is -0.104. The van der Waals surface area contributed by atoms with Gasteiger partial charge < -0.3 is 4.90 Å². The Kier molecular flexibility index (Phi) is 4.27. The number of allylic oxidation sites excluding steroid dienone is 2. The molecule has 0 N–H and O–H groups in total. The van der Waals surface area contributed by atoms with Gasteiger partial charge in [-0.25, -0.2) is 0 Å². The third-order valence-corrected chi connectivity index (χ3v) is 1.56. The van der Waals surface area contributed by atoms with Gasteiger partial charge in [-0.2, -0.15) is 0 Å². The minimum absolute atomic E-state index is 0.547. The second-order valence-corrected chi connectivity index (χ2v) is 2.53. The van der Waals surface area contributed by atoms with Crippen LogP contribution in [-0.2, 0) is 4.79 Å². The van der Waals surface area contributed by atoms with E-state index >= 15 is 0 Å². The molecule has 0 bridgehead atoms. The van der Waals surface area contributed by atoms with E-state index in [2.05, 4.69) is 6.58 Å². The molecular formula is C9H15NO. The summed E-state index contributed by atoms with van der Waals surface area (Å²) in [6.07, 6.45) is 2.69. The number of carbonyl (C=O) groups is 1. The molecule has 0 fully saturated rings. The number of hydrogen-bond acceptors (Lipinski definition) is 2. The molecule has 2 nitrogen and oxygen atoms in total. The van der Waals surface area contributed by atoms with Crippen molar-refractivity contribution in [2.24, 2.45) is 0 Å². The highest BCUT2D eigenvalue weighted by Gasteiger charge is 1.94. The van der Waals surface area contributed by atoms with E-state index in [1.807, 2.05) is 32.0 Å². The fraction of sp³-hybridized carbons (Fsp3) is 0.444. The van der Waals surface area contributed by atoms with E-state index in [1.165, 1.54) is 0 Å². The third-order valence-electron chi connectivity index (χ3n) is 1.56. The Morgan fingerprint density at radius 2 is 2.18 bits per heavy atom. The molecule has 62 valence electrons. The van der Waals surface area contributed by atoms with Crippen molar-refractivity contribution in [1.29, 1.82) is 0 Å². The number of rotatable bonds is 4. The molecule has 0 saturated heterocycles. The molecule has 0 saturated carbocycles.